The molecule has 0 atom stereocenters. The van der Waals surface area contributed by atoms with Gasteiger partial charge in [-0.1, -0.05) is 0 Å². The number of aliphatic hydroxyl groups excluding tert-OH is 1. The fraction of sp³-hybridized carbons (Fsp3) is 0.750. The van der Waals surface area contributed by atoms with Crippen molar-refractivity contribution >= 4 is 6.09 Å². The Bertz CT molecular complexity index is 78.2. The maximum absolute atomic E-state index is 10.1. The summed E-state index contributed by atoms with van der Waals surface area (Å²) in [6.07, 6.45) is -0.515. The second kappa shape index (κ2) is 4.39. The normalized spacial score (nSPS) is 8.25. The first-order chi connectivity index (χ1) is 3.81. The van der Waals surface area contributed by atoms with Crippen LogP contribution in [-0.4, -0.2) is 31.5 Å². The SMILES string of the molecule is COC(=O)NCCO.[HH]. The molecule has 2 N–H and O–H groups in total. The fourth-order valence-electron chi connectivity index (χ4n) is 0.230. The van der Waals surface area contributed by atoms with E-state index >= 15 is 0 Å². The molecule has 0 aromatic heterocycles. The second-order valence-electron chi connectivity index (χ2n) is 1.14. The van der Waals surface area contributed by atoms with Crippen LogP contribution in [0.5, 0.6) is 0 Å². The van der Waals surface area contributed by atoms with Crippen LogP contribution in [0.2, 0.25) is 0 Å². The zero-order chi connectivity index (χ0) is 6.41. The summed E-state index contributed by atoms with van der Waals surface area (Å²) in [4.78, 5) is 10.1. The topological polar surface area (TPSA) is 58.6 Å². The number of alkyl carbamates (subject to hydrolysis) is 1. The number of rotatable bonds is 2. The summed E-state index contributed by atoms with van der Waals surface area (Å²) < 4.78 is 4.19. The highest BCUT2D eigenvalue weighted by atomic mass is 16.5. The number of ether oxygens (including phenoxy) is 1. The lowest BCUT2D eigenvalue weighted by atomic mass is 10.7. The standard InChI is InChI=1S/C4H9NO3.H2/c1-8-4(7)5-2-3-6;/h6H,2-3H2,1H3,(H,5,7);1H. The average Bonchev–Trinajstić information content (AvgIpc) is 1.83. The number of carbonyl (C=O) groups is 1. The van der Waals surface area contributed by atoms with Crippen LogP contribution in [0.25, 0.3) is 0 Å². The molecule has 0 saturated carbocycles. The van der Waals surface area contributed by atoms with Crippen molar-refractivity contribution in [1.29, 1.82) is 0 Å². The number of methoxy groups -OCH3 is 1. The van der Waals surface area contributed by atoms with E-state index in [0.717, 1.165) is 0 Å². The first-order valence-electron chi connectivity index (χ1n) is 2.24. The van der Waals surface area contributed by atoms with Crippen LogP contribution in [0, 0.1) is 0 Å². The lowest BCUT2D eigenvalue weighted by molar-refractivity contribution is 0.167. The van der Waals surface area contributed by atoms with Crippen LogP contribution >= 0.6 is 0 Å². The van der Waals surface area contributed by atoms with Gasteiger partial charge in [0, 0.05) is 7.97 Å². The van der Waals surface area contributed by atoms with E-state index in [1.165, 1.54) is 7.11 Å². The maximum atomic E-state index is 10.1. The smallest absolute Gasteiger partial charge is 0.406 e. The number of amides is 1. The molecular formula is C4H11NO3. The summed E-state index contributed by atoms with van der Waals surface area (Å²) in [6, 6.07) is 0. The van der Waals surface area contributed by atoms with Crippen molar-refractivity contribution in [2.75, 3.05) is 20.3 Å². The quantitative estimate of drug-likeness (QED) is 0.521. The minimum atomic E-state index is -0.515. The molecule has 0 aromatic rings. The van der Waals surface area contributed by atoms with E-state index in [2.05, 4.69) is 10.1 Å². The zero-order valence-electron chi connectivity index (χ0n) is 4.68. The largest absolute Gasteiger partial charge is 0.453 e. The molecule has 8 heavy (non-hydrogen) atoms. The molecule has 0 unspecified atom stereocenters. The molecule has 0 saturated heterocycles. The third kappa shape index (κ3) is 3.42. The van der Waals surface area contributed by atoms with Crippen molar-refractivity contribution in [1.82, 2.24) is 5.32 Å². The number of carbonyl (C=O) groups excluding carboxylic acids is 1. The molecule has 0 rings (SSSR count). The minimum Gasteiger partial charge on any atom is -0.453 e. The Balaban J connectivity index is 0. The molecule has 0 aliphatic heterocycles. The number of nitrogens with one attached hydrogen (secondary N) is 1. The first kappa shape index (κ1) is 7.23. The lowest BCUT2D eigenvalue weighted by Crippen LogP contribution is -2.25. The average molecular weight is 121 g/mol. The van der Waals surface area contributed by atoms with E-state index in [1.807, 2.05) is 0 Å². The van der Waals surface area contributed by atoms with Crippen molar-refractivity contribution in [3.05, 3.63) is 0 Å². The van der Waals surface area contributed by atoms with Crippen molar-refractivity contribution < 1.29 is 16.1 Å². The van der Waals surface area contributed by atoms with Gasteiger partial charge in [-0.15, -0.1) is 0 Å². The second-order valence-corrected chi connectivity index (χ2v) is 1.14. The monoisotopic (exact) mass is 121 g/mol. The summed E-state index contributed by atoms with van der Waals surface area (Å²) in [5, 5.41) is 10.4. The van der Waals surface area contributed by atoms with Crippen molar-refractivity contribution in [3.8, 4) is 0 Å². The van der Waals surface area contributed by atoms with E-state index in [4.69, 9.17) is 5.11 Å². The minimum absolute atomic E-state index is 0. The maximum Gasteiger partial charge on any atom is 0.406 e. The molecular weight excluding hydrogens is 110 g/mol. The third-order valence-corrected chi connectivity index (χ3v) is 0.567. The van der Waals surface area contributed by atoms with Crippen LogP contribution in [0.3, 0.4) is 0 Å². The van der Waals surface area contributed by atoms with Gasteiger partial charge < -0.3 is 15.2 Å². The van der Waals surface area contributed by atoms with Crippen molar-refractivity contribution in [2.24, 2.45) is 0 Å². The summed E-state index contributed by atoms with van der Waals surface area (Å²) in [7, 11) is 1.27. The highest BCUT2D eigenvalue weighted by Crippen LogP contribution is 1.66. The van der Waals surface area contributed by atoms with E-state index in [0.29, 0.717) is 0 Å². The molecule has 0 bridgehead atoms. The van der Waals surface area contributed by atoms with Crippen LogP contribution in [0.1, 0.15) is 1.43 Å². The summed E-state index contributed by atoms with van der Waals surface area (Å²) >= 11 is 0. The molecule has 0 radical (unpaired) electrons. The van der Waals surface area contributed by atoms with E-state index < -0.39 is 6.09 Å². The molecule has 0 heterocycles. The first-order valence-corrected chi connectivity index (χ1v) is 2.24. The Labute approximate surface area is 48.9 Å². The molecule has 1 amide bonds. The van der Waals surface area contributed by atoms with Gasteiger partial charge in [0.2, 0.25) is 0 Å². The van der Waals surface area contributed by atoms with Crippen LogP contribution in [0.4, 0.5) is 4.79 Å². The highest BCUT2D eigenvalue weighted by Gasteiger charge is 1.92. The predicted octanol–water partition coefficient (Wildman–Crippen LogP) is -0.419. The van der Waals surface area contributed by atoms with Gasteiger partial charge in [-0.2, -0.15) is 0 Å². The van der Waals surface area contributed by atoms with Gasteiger partial charge in [0.15, 0.2) is 0 Å². The molecule has 0 spiro atoms. The summed E-state index contributed by atoms with van der Waals surface area (Å²) in [6.45, 7) is 0.182. The van der Waals surface area contributed by atoms with Gasteiger partial charge in [0.1, 0.15) is 0 Å². The number of aliphatic hydroxyl groups is 1. The Morgan fingerprint density at radius 3 is 3.00 bits per heavy atom. The van der Waals surface area contributed by atoms with Gasteiger partial charge in [0.25, 0.3) is 0 Å². The third-order valence-electron chi connectivity index (χ3n) is 0.567. The molecule has 0 aliphatic rings. The summed E-state index contributed by atoms with van der Waals surface area (Å²) in [5.41, 5.74) is 0. The van der Waals surface area contributed by atoms with Gasteiger partial charge in [-0.3, -0.25) is 0 Å². The molecule has 50 valence electrons. The molecule has 0 aliphatic carbocycles. The van der Waals surface area contributed by atoms with Crippen molar-refractivity contribution in [2.45, 2.75) is 0 Å². The fourth-order valence-corrected chi connectivity index (χ4v) is 0.230. The van der Waals surface area contributed by atoms with E-state index in [-0.39, 0.29) is 14.6 Å². The Morgan fingerprint density at radius 1 is 2.00 bits per heavy atom. The predicted molar refractivity (Wildman–Crippen MR) is 29.6 cm³/mol. The highest BCUT2D eigenvalue weighted by molar-refractivity contribution is 5.66. The Kier molecular flexibility index (Phi) is 3.97. The van der Waals surface area contributed by atoms with Gasteiger partial charge in [-0.25, -0.2) is 4.79 Å². The van der Waals surface area contributed by atoms with E-state index in [9.17, 15) is 4.79 Å². The van der Waals surface area contributed by atoms with Crippen LogP contribution < -0.4 is 5.32 Å². The van der Waals surface area contributed by atoms with Crippen LogP contribution in [0.15, 0.2) is 0 Å². The molecule has 0 fully saturated rings. The van der Waals surface area contributed by atoms with Crippen LogP contribution in [-0.2, 0) is 4.74 Å². The van der Waals surface area contributed by atoms with Gasteiger partial charge in [0.05, 0.1) is 13.7 Å². The number of hydrogen-bond acceptors (Lipinski definition) is 3. The van der Waals surface area contributed by atoms with Crippen molar-refractivity contribution in [3.63, 3.8) is 0 Å². The van der Waals surface area contributed by atoms with E-state index in [1.54, 1.807) is 0 Å². The Hall–Kier alpha value is -0.770. The van der Waals surface area contributed by atoms with Gasteiger partial charge in [-0.05, 0) is 0 Å². The summed E-state index contributed by atoms with van der Waals surface area (Å²) in [5.74, 6) is 0. The molecule has 4 nitrogen and oxygen atoms in total. The lowest BCUT2D eigenvalue weighted by Gasteiger charge is -1.97. The Morgan fingerprint density at radius 2 is 2.62 bits per heavy atom. The molecule has 4 heteroatoms. The number of hydrogen-bond donors (Lipinski definition) is 2. The van der Waals surface area contributed by atoms with Gasteiger partial charge >= 0.3 is 6.09 Å². The molecule has 0 aromatic carbocycles. The zero-order valence-corrected chi connectivity index (χ0v) is 4.68.